The molecule has 2 nitrogen and oxygen atoms in total. The van der Waals surface area contributed by atoms with Crippen molar-refractivity contribution in [3.8, 4) is 6.07 Å². The van der Waals surface area contributed by atoms with Gasteiger partial charge in [-0.05, 0) is 6.42 Å². The average molecular weight is 153 g/mol. The van der Waals surface area contributed by atoms with Crippen LogP contribution in [0.2, 0.25) is 0 Å². The van der Waals surface area contributed by atoms with Gasteiger partial charge in [-0.1, -0.05) is 27.2 Å². The van der Waals surface area contributed by atoms with E-state index in [1.165, 1.54) is 0 Å². The third-order valence-electron chi connectivity index (χ3n) is 1.65. The molecule has 0 amide bonds. The summed E-state index contributed by atoms with van der Waals surface area (Å²) in [7, 11) is 0. The Morgan fingerprint density at radius 2 is 2.09 bits per heavy atom. The van der Waals surface area contributed by atoms with Crippen molar-refractivity contribution in [2.45, 2.75) is 33.6 Å². The standard InChI is InChI=1S/C9H15NO/c1-4-5-8(6-10)9(11)7(2)3/h7-8H,4-5H2,1-3H3. The van der Waals surface area contributed by atoms with Gasteiger partial charge in [0.15, 0.2) is 5.78 Å². The van der Waals surface area contributed by atoms with Crippen molar-refractivity contribution in [2.24, 2.45) is 11.8 Å². The molecule has 0 rings (SSSR count). The molecule has 0 saturated heterocycles. The summed E-state index contributed by atoms with van der Waals surface area (Å²) >= 11 is 0. The molecular weight excluding hydrogens is 138 g/mol. The van der Waals surface area contributed by atoms with Crippen molar-refractivity contribution in [3.05, 3.63) is 0 Å². The van der Waals surface area contributed by atoms with E-state index < -0.39 is 0 Å². The van der Waals surface area contributed by atoms with Gasteiger partial charge in [0.2, 0.25) is 0 Å². The topological polar surface area (TPSA) is 40.9 Å². The monoisotopic (exact) mass is 153 g/mol. The lowest BCUT2D eigenvalue weighted by Gasteiger charge is -2.08. The second-order valence-corrected chi connectivity index (χ2v) is 3.03. The van der Waals surface area contributed by atoms with E-state index in [1.807, 2.05) is 26.8 Å². The predicted octanol–water partition coefficient (Wildman–Crippen LogP) is 2.15. The van der Waals surface area contributed by atoms with Gasteiger partial charge in [-0.25, -0.2) is 0 Å². The normalized spacial score (nSPS) is 12.6. The maximum atomic E-state index is 11.2. The third kappa shape index (κ3) is 3.18. The molecule has 0 fully saturated rings. The van der Waals surface area contributed by atoms with Gasteiger partial charge in [0, 0.05) is 5.92 Å². The molecule has 0 bridgehead atoms. The molecular formula is C9H15NO. The highest BCUT2D eigenvalue weighted by Gasteiger charge is 2.19. The number of carbonyl (C=O) groups excluding carboxylic acids is 1. The van der Waals surface area contributed by atoms with Crippen molar-refractivity contribution in [3.63, 3.8) is 0 Å². The van der Waals surface area contributed by atoms with E-state index in [0.29, 0.717) is 6.42 Å². The van der Waals surface area contributed by atoms with E-state index in [0.717, 1.165) is 6.42 Å². The van der Waals surface area contributed by atoms with Crippen molar-refractivity contribution < 1.29 is 4.79 Å². The van der Waals surface area contributed by atoms with Gasteiger partial charge in [-0.2, -0.15) is 5.26 Å². The molecule has 0 saturated carbocycles. The van der Waals surface area contributed by atoms with Crippen molar-refractivity contribution in [1.82, 2.24) is 0 Å². The molecule has 0 N–H and O–H groups in total. The first kappa shape index (κ1) is 10.2. The Morgan fingerprint density at radius 3 is 2.36 bits per heavy atom. The van der Waals surface area contributed by atoms with Gasteiger partial charge in [0.05, 0.1) is 6.07 Å². The summed E-state index contributed by atoms with van der Waals surface area (Å²) in [6.45, 7) is 5.66. The molecule has 1 atom stereocenters. The molecule has 0 aliphatic rings. The molecule has 62 valence electrons. The lowest BCUT2D eigenvalue weighted by Crippen LogP contribution is -2.17. The lowest BCUT2D eigenvalue weighted by molar-refractivity contribution is -0.124. The smallest absolute Gasteiger partial charge is 0.152 e. The van der Waals surface area contributed by atoms with E-state index in [2.05, 4.69) is 0 Å². The number of hydrogen-bond acceptors (Lipinski definition) is 2. The number of nitrogens with zero attached hydrogens (tertiary/aromatic N) is 1. The Morgan fingerprint density at radius 1 is 1.55 bits per heavy atom. The highest BCUT2D eigenvalue weighted by Crippen LogP contribution is 2.11. The van der Waals surface area contributed by atoms with Crippen LogP contribution in [-0.4, -0.2) is 5.78 Å². The van der Waals surface area contributed by atoms with Crippen molar-refractivity contribution in [2.75, 3.05) is 0 Å². The predicted molar refractivity (Wildman–Crippen MR) is 43.9 cm³/mol. The minimum Gasteiger partial charge on any atom is -0.298 e. The molecule has 0 aliphatic carbocycles. The van der Waals surface area contributed by atoms with Crippen LogP contribution in [0.1, 0.15) is 33.6 Å². The summed E-state index contributed by atoms with van der Waals surface area (Å²) in [5, 5.41) is 8.61. The van der Waals surface area contributed by atoms with Crippen LogP contribution in [0.25, 0.3) is 0 Å². The largest absolute Gasteiger partial charge is 0.298 e. The lowest BCUT2D eigenvalue weighted by atomic mass is 9.93. The highest BCUT2D eigenvalue weighted by molar-refractivity contribution is 5.84. The fraction of sp³-hybridized carbons (Fsp3) is 0.778. The fourth-order valence-electron chi connectivity index (χ4n) is 0.961. The molecule has 2 heteroatoms. The third-order valence-corrected chi connectivity index (χ3v) is 1.65. The van der Waals surface area contributed by atoms with Gasteiger partial charge in [-0.15, -0.1) is 0 Å². The minimum absolute atomic E-state index is 0.00815. The van der Waals surface area contributed by atoms with Crippen molar-refractivity contribution in [1.29, 1.82) is 5.26 Å². The molecule has 0 aromatic rings. The number of hydrogen-bond donors (Lipinski definition) is 0. The Labute approximate surface area is 68.2 Å². The van der Waals surface area contributed by atoms with Crippen LogP contribution in [0.3, 0.4) is 0 Å². The number of Topliss-reactive ketones (excluding diaryl/α,β-unsaturated/α-hetero) is 1. The zero-order valence-electron chi connectivity index (χ0n) is 7.42. The van der Waals surface area contributed by atoms with E-state index >= 15 is 0 Å². The summed E-state index contributed by atoms with van der Waals surface area (Å²) in [5.41, 5.74) is 0. The molecule has 0 radical (unpaired) electrons. The number of carbonyl (C=O) groups is 1. The second kappa shape index (κ2) is 4.90. The zero-order valence-corrected chi connectivity index (χ0v) is 7.42. The Kier molecular flexibility index (Phi) is 4.52. The Bertz CT molecular complexity index is 167. The summed E-state index contributed by atoms with van der Waals surface area (Å²) in [4.78, 5) is 11.2. The molecule has 0 spiro atoms. The maximum absolute atomic E-state index is 11.2. The van der Waals surface area contributed by atoms with Gasteiger partial charge < -0.3 is 0 Å². The van der Waals surface area contributed by atoms with Gasteiger partial charge >= 0.3 is 0 Å². The number of ketones is 1. The summed E-state index contributed by atoms with van der Waals surface area (Å²) in [6.07, 6.45) is 1.60. The maximum Gasteiger partial charge on any atom is 0.152 e. The van der Waals surface area contributed by atoms with E-state index in [4.69, 9.17) is 5.26 Å². The van der Waals surface area contributed by atoms with Crippen LogP contribution in [0.5, 0.6) is 0 Å². The van der Waals surface area contributed by atoms with Crippen LogP contribution in [0.4, 0.5) is 0 Å². The van der Waals surface area contributed by atoms with E-state index in [9.17, 15) is 4.79 Å². The summed E-state index contributed by atoms with van der Waals surface area (Å²) < 4.78 is 0. The first-order valence-corrected chi connectivity index (χ1v) is 4.06. The summed E-state index contributed by atoms with van der Waals surface area (Å²) in [5.74, 6) is -0.305. The van der Waals surface area contributed by atoms with Crippen LogP contribution < -0.4 is 0 Å². The first-order chi connectivity index (χ1) is 5.13. The second-order valence-electron chi connectivity index (χ2n) is 3.03. The fourth-order valence-corrected chi connectivity index (χ4v) is 0.961. The molecule has 11 heavy (non-hydrogen) atoms. The minimum atomic E-state index is -0.375. The van der Waals surface area contributed by atoms with E-state index in [1.54, 1.807) is 0 Å². The first-order valence-electron chi connectivity index (χ1n) is 4.06. The zero-order chi connectivity index (χ0) is 8.85. The molecule has 1 unspecified atom stereocenters. The molecule has 0 aromatic heterocycles. The molecule has 0 aromatic carbocycles. The van der Waals surface area contributed by atoms with Crippen LogP contribution in [0, 0.1) is 23.2 Å². The highest BCUT2D eigenvalue weighted by atomic mass is 16.1. The van der Waals surface area contributed by atoms with Crippen LogP contribution >= 0.6 is 0 Å². The van der Waals surface area contributed by atoms with Gasteiger partial charge in [0.25, 0.3) is 0 Å². The molecule has 0 heterocycles. The Balaban J connectivity index is 4.06. The SMILES string of the molecule is CCCC(C#N)C(=O)C(C)C. The van der Waals surface area contributed by atoms with E-state index in [-0.39, 0.29) is 17.6 Å². The average Bonchev–Trinajstić information content (AvgIpc) is 1.98. The van der Waals surface area contributed by atoms with Gasteiger partial charge in [0.1, 0.15) is 5.92 Å². The van der Waals surface area contributed by atoms with Gasteiger partial charge in [-0.3, -0.25) is 4.79 Å². The number of nitriles is 1. The summed E-state index contributed by atoms with van der Waals surface area (Å²) in [6, 6.07) is 2.03. The molecule has 0 aliphatic heterocycles. The van der Waals surface area contributed by atoms with Crippen LogP contribution in [-0.2, 0) is 4.79 Å². The van der Waals surface area contributed by atoms with Crippen LogP contribution in [0.15, 0.2) is 0 Å². The number of rotatable bonds is 4. The quantitative estimate of drug-likeness (QED) is 0.621. The van der Waals surface area contributed by atoms with Crippen molar-refractivity contribution >= 4 is 5.78 Å². The Hall–Kier alpha value is -0.840.